The summed E-state index contributed by atoms with van der Waals surface area (Å²) in [5, 5.41) is 1.84. The molecule has 142 valence electrons. The van der Waals surface area contributed by atoms with Crippen LogP contribution in [0.2, 0.25) is 0 Å². The number of hydrogen-bond acceptors (Lipinski definition) is 0. The Morgan fingerprint density at radius 3 is 2.14 bits per heavy atom. The fourth-order valence-electron chi connectivity index (χ4n) is 3.33. The summed E-state index contributed by atoms with van der Waals surface area (Å²) in [5.74, 6) is 5.97. The van der Waals surface area contributed by atoms with Crippen molar-refractivity contribution in [3.63, 3.8) is 0 Å². The van der Waals surface area contributed by atoms with Crippen molar-refractivity contribution >= 4 is 10.8 Å². The van der Waals surface area contributed by atoms with E-state index < -0.39 is 0 Å². The molecule has 29 heavy (non-hydrogen) atoms. The van der Waals surface area contributed by atoms with Crippen molar-refractivity contribution in [1.82, 2.24) is 0 Å². The first-order valence-electron chi connectivity index (χ1n) is 9.62. The van der Waals surface area contributed by atoms with Gasteiger partial charge in [-0.15, -0.1) is 0 Å². The summed E-state index contributed by atoms with van der Waals surface area (Å²) in [6, 6.07) is 23.9. The lowest BCUT2D eigenvalue weighted by atomic mass is 10.0. The van der Waals surface area contributed by atoms with E-state index in [0.29, 0.717) is 6.42 Å². The van der Waals surface area contributed by atoms with Crippen LogP contribution in [0.25, 0.3) is 10.8 Å². The summed E-state index contributed by atoms with van der Waals surface area (Å²) < 4.78 is 27.2. The minimum Gasteiger partial charge on any atom is -0.207 e. The van der Waals surface area contributed by atoms with E-state index in [1.807, 2.05) is 61.5 Å². The number of aryl methyl sites for hydroxylation is 3. The SMILES string of the molecule is Cc1ccc(CCc2ccc(C#Cc3ccc4cc(F)ccc4c3)cc2)c(F)c1. The van der Waals surface area contributed by atoms with E-state index in [2.05, 4.69) is 11.8 Å². The first kappa shape index (κ1) is 18.9. The number of halogens is 2. The van der Waals surface area contributed by atoms with Gasteiger partial charge in [0.05, 0.1) is 0 Å². The van der Waals surface area contributed by atoms with Gasteiger partial charge in [-0.2, -0.15) is 0 Å². The van der Waals surface area contributed by atoms with Gasteiger partial charge in [0.1, 0.15) is 11.6 Å². The molecular formula is C27H20F2. The van der Waals surface area contributed by atoms with E-state index in [-0.39, 0.29) is 11.6 Å². The molecule has 0 aromatic heterocycles. The molecule has 0 amide bonds. The van der Waals surface area contributed by atoms with Crippen molar-refractivity contribution in [2.45, 2.75) is 19.8 Å². The fraction of sp³-hybridized carbons (Fsp3) is 0.111. The van der Waals surface area contributed by atoms with Gasteiger partial charge in [0, 0.05) is 11.1 Å². The van der Waals surface area contributed by atoms with E-state index in [4.69, 9.17) is 0 Å². The van der Waals surface area contributed by atoms with Crippen LogP contribution in [0.1, 0.15) is 27.8 Å². The Balaban J connectivity index is 1.44. The van der Waals surface area contributed by atoms with Crippen molar-refractivity contribution in [2.75, 3.05) is 0 Å². The summed E-state index contributed by atoms with van der Waals surface area (Å²) >= 11 is 0. The normalized spacial score (nSPS) is 10.6. The van der Waals surface area contributed by atoms with Gasteiger partial charge >= 0.3 is 0 Å². The second-order valence-electron chi connectivity index (χ2n) is 7.25. The van der Waals surface area contributed by atoms with Crippen molar-refractivity contribution in [3.05, 3.63) is 118 Å². The van der Waals surface area contributed by atoms with Crippen LogP contribution >= 0.6 is 0 Å². The molecule has 0 spiro atoms. The lowest BCUT2D eigenvalue weighted by Gasteiger charge is -2.05. The molecule has 0 bridgehead atoms. The molecule has 0 saturated heterocycles. The monoisotopic (exact) mass is 382 g/mol. The quantitative estimate of drug-likeness (QED) is 0.350. The smallest absolute Gasteiger partial charge is 0.126 e. The first-order valence-corrected chi connectivity index (χ1v) is 9.62. The molecule has 0 radical (unpaired) electrons. The third-order valence-electron chi connectivity index (χ3n) is 5.00. The lowest BCUT2D eigenvalue weighted by molar-refractivity contribution is 0.607. The molecule has 4 aromatic carbocycles. The van der Waals surface area contributed by atoms with Gasteiger partial charge in [0.15, 0.2) is 0 Å². The molecule has 0 saturated carbocycles. The number of fused-ring (bicyclic) bond motifs is 1. The van der Waals surface area contributed by atoms with Crippen LogP contribution in [0.5, 0.6) is 0 Å². The van der Waals surface area contributed by atoms with Gasteiger partial charge in [0.2, 0.25) is 0 Å². The Hall–Kier alpha value is -3.44. The molecule has 0 heterocycles. The lowest BCUT2D eigenvalue weighted by Crippen LogP contribution is -1.95. The largest absolute Gasteiger partial charge is 0.207 e. The third-order valence-corrected chi connectivity index (χ3v) is 5.00. The molecule has 0 nitrogen and oxygen atoms in total. The van der Waals surface area contributed by atoms with Crippen LogP contribution in [0.4, 0.5) is 8.78 Å². The van der Waals surface area contributed by atoms with Crippen LogP contribution < -0.4 is 0 Å². The zero-order valence-electron chi connectivity index (χ0n) is 16.2. The molecule has 0 aliphatic heterocycles. The summed E-state index contributed by atoms with van der Waals surface area (Å²) in [4.78, 5) is 0. The van der Waals surface area contributed by atoms with E-state index in [1.54, 1.807) is 12.1 Å². The zero-order chi connectivity index (χ0) is 20.2. The van der Waals surface area contributed by atoms with Gasteiger partial charge in [-0.05, 0) is 89.7 Å². The summed E-state index contributed by atoms with van der Waals surface area (Å²) in [6.45, 7) is 1.89. The van der Waals surface area contributed by atoms with Crippen LogP contribution in [0, 0.1) is 30.4 Å². The van der Waals surface area contributed by atoms with E-state index in [9.17, 15) is 8.78 Å². The second kappa shape index (κ2) is 8.29. The van der Waals surface area contributed by atoms with E-state index in [0.717, 1.165) is 45.0 Å². The first-order chi connectivity index (χ1) is 14.1. The van der Waals surface area contributed by atoms with Gasteiger partial charge in [-0.1, -0.05) is 48.2 Å². The molecule has 4 rings (SSSR count). The summed E-state index contributed by atoms with van der Waals surface area (Å²) in [5.41, 5.74) is 4.66. The summed E-state index contributed by atoms with van der Waals surface area (Å²) in [7, 11) is 0. The maximum atomic E-state index is 14.0. The zero-order valence-corrected chi connectivity index (χ0v) is 16.2. The highest BCUT2D eigenvalue weighted by Crippen LogP contribution is 2.17. The Morgan fingerprint density at radius 2 is 1.34 bits per heavy atom. The average Bonchev–Trinajstić information content (AvgIpc) is 2.72. The topological polar surface area (TPSA) is 0 Å². The predicted octanol–water partition coefficient (Wildman–Crippen LogP) is 6.61. The van der Waals surface area contributed by atoms with Gasteiger partial charge < -0.3 is 0 Å². The van der Waals surface area contributed by atoms with E-state index >= 15 is 0 Å². The number of rotatable bonds is 3. The van der Waals surface area contributed by atoms with Crippen LogP contribution in [0.3, 0.4) is 0 Å². The number of hydrogen-bond donors (Lipinski definition) is 0. The molecule has 0 aliphatic carbocycles. The van der Waals surface area contributed by atoms with Crippen LogP contribution in [-0.4, -0.2) is 0 Å². The Bertz CT molecular complexity index is 1230. The van der Waals surface area contributed by atoms with Crippen molar-refractivity contribution in [1.29, 1.82) is 0 Å². The summed E-state index contributed by atoms with van der Waals surface area (Å²) in [6.07, 6.45) is 1.46. The van der Waals surface area contributed by atoms with Gasteiger partial charge in [-0.3, -0.25) is 0 Å². The Morgan fingerprint density at radius 1 is 0.655 bits per heavy atom. The Labute approximate surface area is 169 Å². The van der Waals surface area contributed by atoms with Gasteiger partial charge in [0.25, 0.3) is 0 Å². The minimum atomic E-state index is -0.235. The molecule has 2 heteroatoms. The minimum absolute atomic E-state index is 0.134. The van der Waals surface area contributed by atoms with Crippen LogP contribution in [0.15, 0.2) is 78.9 Å². The maximum Gasteiger partial charge on any atom is 0.126 e. The van der Waals surface area contributed by atoms with Crippen LogP contribution in [-0.2, 0) is 12.8 Å². The highest BCUT2D eigenvalue weighted by Gasteiger charge is 2.03. The molecule has 0 aliphatic rings. The Kier molecular flexibility index (Phi) is 5.40. The van der Waals surface area contributed by atoms with Crippen molar-refractivity contribution in [2.24, 2.45) is 0 Å². The molecule has 0 atom stereocenters. The van der Waals surface area contributed by atoms with Gasteiger partial charge in [-0.25, -0.2) is 8.78 Å². The molecular weight excluding hydrogens is 362 g/mol. The predicted molar refractivity (Wildman–Crippen MR) is 115 cm³/mol. The van der Waals surface area contributed by atoms with Crippen molar-refractivity contribution in [3.8, 4) is 11.8 Å². The molecule has 4 aromatic rings. The molecule has 0 fully saturated rings. The van der Waals surface area contributed by atoms with E-state index in [1.165, 1.54) is 12.1 Å². The third kappa shape index (κ3) is 4.70. The number of benzene rings is 4. The van der Waals surface area contributed by atoms with Crippen molar-refractivity contribution < 1.29 is 8.78 Å². The highest BCUT2D eigenvalue weighted by molar-refractivity contribution is 5.83. The maximum absolute atomic E-state index is 14.0. The molecule has 0 N–H and O–H groups in total. The second-order valence-corrected chi connectivity index (χ2v) is 7.25. The highest BCUT2D eigenvalue weighted by atomic mass is 19.1. The standard InChI is InChI=1S/C27H20F2/c1-19-2-11-23(27(29)16-19)12-9-21-5-3-20(4-6-21)7-8-22-10-13-25-18-26(28)15-14-24(25)17-22/h2-6,10-11,13-18H,9,12H2,1H3. The fourth-order valence-corrected chi connectivity index (χ4v) is 3.33. The molecule has 0 unspecified atom stereocenters. The average molecular weight is 382 g/mol.